The first-order valence-electron chi connectivity index (χ1n) is 8.39. The van der Waals surface area contributed by atoms with Crippen molar-refractivity contribution in [3.05, 3.63) is 0 Å². The molecule has 1 N–H and O–H groups in total. The van der Waals surface area contributed by atoms with Crippen LogP contribution in [0, 0.1) is 5.92 Å². The topological polar surface area (TPSA) is 30.5 Å². The Morgan fingerprint density at radius 3 is 2.85 bits per heavy atom. The highest BCUT2D eigenvalue weighted by Gasteiger charge is 2.38. The monoisotopic (exact) mass is 299 g/mol. The van der Waals surface area contributed by atoms with Crippen molar-refractivity contribution in [2.24, 2.45) is 5.92 Å². The number of nitrogens with one attached hydrogen (secondary N) is 1. The van der Waals surface area contributed by atoms with Gasteiger partial charge in [0.05, 0.1) is 5.60 Å². The van der Waals surface area contributed by atoms with Crippen molar-refractivity contribution < 1.29 is 9.47 Å². The molecule has 20 heavy (non-hydrogen) atoms. The average molecular weight is 299 g/mol. The number of hydrogen-bond acceptors (Lipinski definition) is 4. The van der Waals surface area contributed by atoms with Crippen molar-refractivity contribution in [3.8, 4) is 0 Å². The molecule has 2 aliphatic heterocycles. The maximum Gasteiger partial charge on any atom is 0.0713 e. The molecule has 3 fully saturated rings. The van der Waals surface area contributed by atoms with E-state index in [0.717, 1.165) is 38.7 Å². The highest BCUT2D eigenvalue weighted by Crippen LogP contribution is 2.37. The van der Waals surface area contributed by atoms with Gasteiger partial charge in [0.1, 0.15) is 0 Å². The first-order valence-corrected chi connectivity index (χ1v) is 9.55. The fraction of sp³-hybridized carbons (Fsp3) is 1.00. The Hall–Kier alpha value is 0.230. The van der Waals surface area contributed by atoms with E-state index in [2.05, 4.69) is 17.1 Å². The van der Waals surface area contributed by atoms with Gasteiger partial charge < -0.3 is 14.8 Å². The Morgan fingerprint density at radius 2 is 2.05 bits per heavy atom. The first kappa shape index (κ1) is 15.1. The summed E-state index contributed by atoms with van der Waals surface area (Å²) in [6.07, 6.45) is 8.82. The molecule has 0 amide bonds. The lowest BCUT2D eigenvalue weighted by atomic mass is 9.85. The summed E-state index contributed by atoms with van der Waals surface area (Å²) in [5, 5.41) is 3.73. The van der Waals surface area contributed by atoms with Crippen molar-refractivity contribution >= 4 is 11.8 Å². The minimum Gasteiger partial charge on any atom is -0.381 e. The zero-order valence-electron chi connectivity index (χ0n) is 12.6. The van der Waals surface area contributed by atoms with E-state index < -0.39 is 0 Å². The van der Waals surface area contributed by atoms with Gasteiger partial charge >= 0.3 is 0 Å². The minimum absolute atomic E-state index is 0.212. The minimum atomic E-state index is 0.212. The van der Waals surface area contributed by atoms with Gasteiger partial charge in [0.25, 0.3) is 0 Å². The van der Waals surface area contributed by atoms with Crippen LogP contribution in [0.2, 0.25) is 0 Å². The second kappa shape index (κ2) is 7.48. The van der Waals surface area contributed by atoms with Crippen molar-refractivity contribution in [1.29, 1.82) is 0 Å². The molecule has 1 spiro atoms. The Morgan fingerprint density at radius 1 is 1.20 bits per heavy atom. The standard InChI is InChI=1S/C16H29NO2S/c1(8-18-13-14-2-3-14)7-17-15-4-9-19-16(12-15)5-10-20-11-6-16/h14-15,17H,1-13H2. The van der Waals surface area contributed by atoms with E-state index >= 15 is 0 Å². The molecule has 4 heteroatoms. The second-order valence-corrected chi connectivity index (χ2v) is 7.88. The van der Waals surface area contributed by atoms with Crippen LogP contribution in [0.4, 0.5) is 0 Å². The van der Waals surface area contributed by atoms with Crippen LogP contribution in [0.25, 0.3) is 0 Å². The Bertz CT molecular complexity index is 285. The molecule has 1 atom stereocenters. The number of ether oxygens (including phenoxy) is 2. The van der Waals surface area contributed by atoms with Gasteiger partial charge in [-0.2, -0.15) is 11.8 Å². The van der Waals surface area contributed by atoms with E-state index in [4.69, 9.17) is 9.47 Å². The Kier molecular flexibility index (Phi) is 5.66. The first-order chi connectivity index (χ1) is 9.86. The molecule has 116 valence electrons. The van der Waals surface area contributed by atoms with Crippen LogP contribution in [0.5, 0.6) is 0 Å². The number of rotatable bonds is 7. The van der Waals surface area contributed by atoms with Crippen LogP contribution in [0.3, 0.4) is 0 Å². The van der Waals surface area contributed by atoms with Crippen LogP contribution in [-0.4, -0.2) is 49.5 Å². The molecule has 0 aromatic heterocycles. The summed E-state index contributed by atoms with van der Waals surface area (Å²) in [5.74, 6) is 3.45. The third kappa shape index (κ3) is 4.62. The summed E-state index contributed by atoms with van der Waals surface area (Å²) < 4.78 is 11.8. The lowest BCUT2D eigenvalue weighted by Crippen LogP contribution is -2.49. The summed E-state index contributed by atoms with van der Waals surface area (Å²) in [4.78, 5) is 0. The molecule has 2 saturated heterocycles. The number of thioether (sulfide) groups is 1. The molecule has 3 nitrogen and oxygen atoms in total. The fourth-order valence-corrected chi connectivity index (χ4v) is 4.55. The second-order valence-electron chi connectivity index (χ2n) is 6.66. The predicted octanol–water partition coefficient (Wildman–Crippen LogP) is 2.84. The van der Waals surface area contributed by atoms with Crippen LogP contribution in [0.1, 0.15) is 44.9 Å². The van der Waals surface area contributed by atoms with Crippen molar-refractivity contribution in [2.45, 2.75) is 56.6 Å². The van der Waals surface area contributed by atoms with E-state index in [9.17, 15) is 0 Å². The molecule has 3 aliphatic rings. The molecule has 1 unspecified atom stereocenters. The van der Waals surface area contributed by atoms with E-state index in [1.165, 1.54) is 50.0 Å². The summed E-state index contributed by atoms with van der Waals surface area (Å²) in [5.41, 5.74) is 0.212. The van der Waals surface area contributed by atoms with E-state index in [-0.39, 0.29) is 5.60 Å². The quantitative estimate of drug-likeness (QED) is 0.732. The average Bonchev–Trinajstić information content (AvgIpc) is 3.28. The van der Waals surface area contributed by atoms with Gasteiger partial charge in [0, 0.05) is 25.9 Å². The third-order valence-electron chi connectivity index (χ3n) is 4.85. The molecule has 0 bridgehead atoms. The predicted molar refractivity (Wildman–Crippen MR) is 84.4 cm³/mol. The van der Waals surface area contributed by atoms with Crippen molar-refractivity contribution in [3.63, 3.8) is 0 Å². The maximum absolute atomic E-state index is 6.14. The van der Waals surface area contributed by atoms with Crippen LogP contribution >= 0.6 is 11.8 Å². The Balaban J connectivity index is 1.28. The zero-order valence-corrected chi connectivity index (χ0v) is 13.4. The van der Waals surface area contributed by atoms with Crippen LogP contribution in [0.15, 0.2) is 0 Å². The third-order valence-corrected chi connectivity index (χ3v) is 5.83. The van der Waals surface area contributed by atoms with Gasteiger partial charge in [-0.1, -0.05) is 0 Å². The lowest BCUT2D eigenvalue weighted by molar-refractivity contribution is -0.0931. The van der Waals surface area contributed by atoms with Gasteiger partial charge in [-0.15, -0.1) is 0 Å². The van der Waals surface area contributed by atoms with Crippen molar-refractivity contribution in [1.82, 2.24) is 5.32 Å². The lowest BCUT2D eigenvalue weighted by Gasteiger charge is -2.43. The summed E-state index contributed by atoms with van der Waals surface area (Å²) in [6, 6.07) is 0.662. The van der Waals surface area contributed by atoms with E-state index in [0.29, 0.717) is 6.04 Å². The zero-order chi connectivity index (χ0) is 13.7. The van der Waals surface area contributed by atoms with Gasteiger partial charge in [-0.25, -0.2) is 0 Å². The largest absolute Gasteiger partial charge is 0.381 e. The molecule has 0 aromatic rings. The summed E-state index contributed by atoms with van der Waals surface area (Å²) in [7, 11) is 0. The molecular formula is C16H29NO2S. The summed E-state index contributed by atoms with van der Waals surface area (Å²) in [6.45, 7) is 3.97. The maximum atomic E-state index is 6.14. The van der Waals surface area contributed by atoms with Gasteiger partial charge in [-0.3, -0.25) is 0 Å². The SMILES string of the molecule is C(CNC1CCOC2(CCSCC2)C1)COCC1CC1. The molecule has 1 saturated carbocycles. The number of hydrogen-bond donors (Lipinski definition) is 1. The van der Waals surface area contributed by atoms with E-state index in [1.54, 1.807) is 0 Å². The smallest absolute Gasteiger partial charge is 0.0713 e. The van der Waals surface area contributed by atoms with Crippen LogP contribution in [-0.2, 0) is 9.47 Å². The Labute approximate surface area is 127 Å². The highest BCUT2D eigenvalue weighted by atomic mass is 32.2. The highest BCUT2D eigenvalue weighted by molar-refractivity contribution is 7.99. The molecule has 0 aromatic carbocycles. The molecule has 0 radical (unpaired) electrons. The van der Waals surface area contributed by atoms with Crippen molar-refractivity contribution in [2.75, 3.05) is 37.9 Å². The summed E-state index contributed by atoms with van der Waals surface area (Å²) >= 11 is 2.08. The fourth-order valence-electron chi connectivity index (χ4n) is 3.31. The van der Waals surface area contributed by atoms with Crippen LogP contribution < -0.4 is 5.32 Å². The van der Waals surface area contributed by atoms with Gasteiger partial charge in [0.2, 0.25) is 0 Å². The normalized spacial score (nSPS) is 29.7. The van der Waals surface area contributed by atoms with E-state index in [1.807, 2.05) is 0 Å². The molecular weight excluding hydrogens is 270 g/mol. The molecule has 3 rings (SSSR count). The molecule has 1 aliphatic carbocycles. The van der Waals surface area contributed by atoms with Gasteiger partial charge in [-0.05, 0) is 68.9 Å². The van der Waals surface area contributed by atoms with Gasteiger partial charge in [0.15, 0.2) is 0 Å². The molecule has 2 heterocycles.